The Kier molecular flexibility index (Phi) is 6.44. The minimum atomic E-state index is 0.602. The number of anilines is 2. The first-order valence-corrected chi connectivity index (χ1v) is 10.6. The first-order valence-electron chi connectivity index (χ1n) is 10.2. The molecule has 0 saturated heterocycles. The van der Waals surface area contributed by atoms with E-state index in [1.807, 2.05) is 25.3 Å². The zero-order valence-electron chi connectivity index (χ0n) is 17.9. The number of nitrogens with zero attached hydrogens (tertiary/aromatic N) is 5. The number of rotatable bonds is 7. The number of aryl methyl sites for hydroxylation is 1. The second kappa shape index (κ2) is 9.41. The molecule has 8 heteroatoms. The first-order chi connectivity index (χ1) is 15.1. The number of hydrogen-bond donors (Lipinski definition) is 1. The molecule has 7 nitrogen and oxygen atoms in total. The molecule has 2 aromatic heterocycles. The van der Waals surface area contributed by atoms with Gasteiger partial charge in [0, 0.05) is 61.5 Å². The molecule has 0 bridgehead atoms. The number of methoxy groups -OCH3 is 1. The van der Waals surface area contributed by atoms with Crippen molar-refractivity contribution in [1.82, 2.24) is 19.9 Å². The van der Waals surface area contributed by atoms with Crippen LogP contribution in [0.15, 0.2) is 36.8 Å². The lowest BCUT2D eigenvalue weighted by molar-refractivity contribution is 0.210. The summed E-state index contributed by atoms with van der Waals surface area (Å²) in [7, 11) is 1.67. The van der Waals surface area contributed by atoms with Crippen LogP contribution < -0.4 is 10.2 Å². The number of fused-ring (bicyclic) bond motifs is 1. The van der Waals surface area contributed by atoms with Crippen LogP contribution in [0.25, 0.3) is 22.9 Å². The maximum absolute atomic E-state index is 6.72. The number of aromatic nitrogens is 4. The van der Waals surface area contributed by atoms with Gasteiger partial charge in [0.1, 0.15) is 5.82 Å². The molecule has 160 valence electrons. The van der Waals surface area contributed by atoms with E-state index in [-0.39, 0.29) is 0 Å². The lowest BCUT2D eigenvalue weighted by Gasteiger charge is -2.29. The normalized spacial score (nSPS) is 13.0. The van der Waals surface area contributed by atoms with E-state index in [1.165, 1.54) is 0 Å². The zero-order valence-corrected chi connectivity index (χ0v) is 18.6. The van der Waals surface area contributed by atoms with Crippen molar-refractivity contribution in [2.24, 2.45) is 0 Å². The topological polar surface area (TPSA) is 76.1 Å². The van der Waals surface area contributed by atoms with Gasteiger partial charge in [-0.3, -0.25) is 9.97 Å². The quantitative estimate of drug-likeness (QED) is 0.552. The average molecular weight is 437 g/mol. The molecular formula is C23H25ClN6O. The average Bonchev–Trinajstić information content (AvgIpc) is 2.79. The lowest BCUT2D eigenvalue weighted by atomic mass is 9.97. The Morgan fingerprint density at radius 2 is 2.03 bits per heavy atom. The van der Waals surface area contributed by atoms with Gasteiger partial charge in [-0.25, -0.2) is 4.98 Å². The Balaban J connectivity index is 1.65. The Hall–Kier alpha value is -3.03. The number of halogens is 1. The summed E-state index contributed by atoms with van der Waals surface area (Å²) in [6, 6.07) is 6.06. The number of hydrogen-bond acceptors (Lipinski definition) is 7. The van der Waals surface area contributed by atoms with Crippen molar-refractivity contribution in [1.29, 1.82) is 0 Å². The van der Waals surface area contributed by atoms with Gasteiger partial charge in [-0.05, 0) is 37.1 Å². The molecule has 0 saturated carbocycles. The molecule has 31 heavy (non-hydrogen) atoms. The fourth-order valence-corrected chi connectivity index (χ4v) is 3.94. The van der Waals surface area contributed by atoms with E-state index in [2.05, 4.69) is 44.2 Å². The minimum Gasteiger partial charge on any atom is -0.383 e. The Bertz CT molecular complexity index is 1120. The second-order valence-corrected chi connectivity index (χ2v) is 7.67. The summed E-state index contributed by atoms with van der Waals surface area (Å²) in [6.45, 7) is 6.88. The molecule has 4 rings (SSSR count). The smallest absolute Gasteiger partial charge is 0.224 e. The molecule has 0 radical (unpaired) electrons. The van der Waals surface area contributed by atoms with Gasteiger partial charge in [-0.2, -0.15) is 4.98 Å². The van der Waals surface area contributed by atoms with Crippen molar-refractivity contribution in [2.45, 2.75) is 13.8 Å². The number of ether oxygens (including phenoxy) is 1. The van der Waals surface area contributed by atoms with Crippen LogP contribution in [0, 0.1) is 6.92 Å². The monoisotopic (exact) mass is 436 g/mol. The maximum atomic E-state index is 6.72. The lowest BCUT2D eigenvalue weighted by Crippen LogP contribution is -2.29. The third kappa shape index (κ3) is 4.52. The van der Waals surface area contributed by atoms with E-state index in [4.69, 9.17) is 21.3 Å². The predicted octanol–water partition coefficient (Wildman–Crippen LogP) is 4.33. The van der Waals surface area contributed by atoms with Crippen molar-refractivity contribution in [2.75, 3.05) is 43.6 Å². The molecule has 0 unspecified atom stereocenters. The molecule has 3 heterocycles. The fourth-order valence-electron chi connectivity index (χ4n) is 3.64. The summed E-state index contributed by atoms with van der Waals surface area (Å²) in [5.41, 5.74) is 5.78. The van der Waals surface area contributed by atoms with Crippen LogP contribution >= 0.6 is 11.6 Å². The van der Waals surface area contributed by atoms with Crippen LogP contribution in [-0.2, 0) is 4.74 Å². The van der Waals surface area contributed by atoms with Crippen LogP contribution in [0.3, 0.4) is 0 Å². The molecule has 0 amide bonds. The molecular weight excluding hydrogens is 412 g/mol. The largest absolute Gasteiger partial charge is 0.383 e. The van der Waals surface area contributed by atoms with Gasteiger partial charge >= 0.3 is 0 Å². The van der Waals surface area contributed by atoms with Gasteiger partial charge in [0.05, 0.1) is 18.0 Å². The van der Waals surface area contributed by atoms with Gasteiger partial charge < -0.3 is 15.0 Å². The fraction of sp³-hybridized carbons (Fsp3) is 0.304. The molecule has 0 atom stereocenters. The minimum absolute atomic E-state index is 0.602. The standard InChI is InChI=1S/C23H25ClN6O/c1-4-30-14-18(11-17-13-28-23(29-22(17)30)27-9-10-31-3)19-6-5-16(12-20(19)24)21-15(2)25-7-8-26-21/h5-8,11-13H,4,9-10,14H2,1-3H3,(H,27,28,29). The SMILES string of the molecule is CCN1CC(c2ccc(-c3nccnc3C)cc2Cl)=Cc2cnc(NCCOC)nc21. The molecule has 0 spiro atoms. The Labute approximate surface area is 187 Å². The van der Waals surface area contributed by atoms with Crippen LogP contribution in [0.5, 0.6) is 0 Å². The third-order valence-corrected chi connectivity index (χ3v) is 5.54. The van der Waals surface area contributed by atoms with Crippen LogP contribution in [-0.4, -0.2) is 53.3 Å². The molecule has 1 aliphatic heterocycles. The van der Waals surface area contributed by atoms with Gasteiger partial charge in [0.15, 0.2) is 0 Å². The highest BCUT2D eigenvalue weighted by Crippen LogP contribution is 2.36. The maximum Gasteiger partial charge on any atom is 0.224 e. The molecule has 0 aliphatic carbocycles. The summed E-state index contributed by atoms with van der Waals surface area (Å²) in [5.74, 6) is 1.52. The summed E-state index contributed by atoms with van der Waals surface area (Å²) in [4.78, 5) is 20.2. The summed E-state index contributed by atoms with van der Waals surface area (Å²) in [5, 5.41) is 3.88. The highest BCUT2D eigenvalue weighted by atomic mass is 35.5. The molecule has 1 aromatic carbocycles. The van der Waals surface area contributed by atoms with Crippen LogP contribution in [0.1, 0.15) is 23.7 Å². The second-order valence-electron chi connectivity index (χ2n) is 7.26. The van der Waals surface area contributed by atoms with E-state index in [0.29, 0.717) is 24.1 Å². The summed E-state index contributed by atoms with van der Waals surface area (Å²) >= 11 is 6.72. The molecule has 0 fully saturated rings. The highest BCUT2D eigenvalue weighted by Gasteiger charge is 2.22. The van der Waals surface area contributed by atoms with E-state index in [0.717, 1.165) is 52.6 Å². The highest BCUT2D eigenvalue weighted by molar-refractivity contribution is 6.33. The van der Waals surface area contributed by atoms with E-state index in [1.54, 1.807) is 19.5 Å². The van der Waals surface area contributed by atoms with E-state index in [9.17, 15) is 0 Å². The van der Waals surface area contributed by atoms with Crippen molar-refractivity contribution >= 4 is 35.0 Å². The van der Waals surface area contributed by atoms with Gasteiger partial charge in [0.25, 0.3) is 0 Å². The zero-order chi connectivity index (χ0) is 21.8. The Morgan fingerprint density at radius 3 is 2.77 bits per heavy atom. The predicted molar refractivity (Wildman–Crippen MR) is 125 cm³/mol. The first kappa shape index (κ1) is 21.2. The van der Waals surface area contributed by atoms with E-state index < -0.39 is 0 Å². The van der Waals surface area contributed by atoms with Crippen LogP contribution in [0.2, 0.25) is 5.02 Å². The van der Waals surface area contributed by atoms with Crippen LogP contribution in [0.4, 0.5) is 11.8 Å². The van der Waals surface area contributed by atoms with Gasteiger partial charge in [-0.15, -0.1) is 0 Å². The van der Waals surface area contributed by atoms with Crippen molar-refractivity contribution in [3.8, 4) is 11.3 Å². The van der Waals surface area contributed by atoms with E-state index >= 15 is 0 Å². The van der Waals surface area contributed by atoms with Gasteiger partial charge in [0.2, 0.25) is 5.95 Å². The van der Waals surface area contributed by atoms with Crippen molar-refractivity contribution in [3.05, 3.63) is 58.6 Å². The van der Waals surface area contributed by atoms with Crippen molar-refractivity contribution in [3.63, 3.8) is 0 Å². The Morgan fingerprint density at radius 1 is 1.19 bits per heavy atom. The summed E-state index contributed by atoms with van der Waals surface area (Å²) in [6.07, 6.45) is 7.36. The third-order valence-electron chi connectivity index (χ3n) is 5.23. The molecule has 1 aliphatic rings. The summed E-state index contributed by atoms with van der Waals surface area (Å²) < 4.78 is 5.08. The number of benzene rings is 1. The number of nitrogens with one attached hydrogen (secondary N) is 1. The number of likely N-dealkylation sites (N-methyl/N-ethyl adjacent to an activating group) is 1. The van der Waals surface area contributed by atoms with Crippen molar-refractivity contribution < 1.29 is 4.74 Å². The molecule has 1 N–H and O–H groups in total. The molecule has 3 aromatic rings. The van der Waals surface area contributed by atoms with Gasteiger partial charge in [-0.1, -0.05) is 23.7 Å².